The maximum absolute atomic E-state index is 14.0. The molecule has 6 heterocycles. The van der Waals surface area contributed by atoms with Crippen LogP contribution < -0.4 is 10.3 Å². The van der Waals surface area contributed by atoms with Crippen LogP contribution in [0.25, 0.3) is 22.2 Å². The quantitative estimate of drug-likeness (QED) is 0.299. The van der Waals surface area contributed by atoms with Crippen molar-refractivity contribution in [3.63, 3.8) is 0 Å². The summed E-state index contributed by atoms with van der Waals surface area (Å²) in [6.45, 7) is 7.43. The van der Waals surface area contributed by atoms with E-state index in [-0.39, 0.29) is 23.8 Å². The van der Waals surface area contributed by atoms with Crippen molar-refractivity contribution < 1.29 is 19.0 Å². The minimum Gasteiger partial charge on any atom is -0.490 e. The molecule has 0 unspecified atom stereocenters. The molecule has 0 aliphatic carbocycles. The molecular formula is C34H37ClN6O5. The summed E-state index contributed by atoms with van der Waals surface area (Å²) in [4.78, 5) is 35.3. The number of hydrogen-bond acceptors (Lipinski definition) is 8. The molecule has 3 fully saturated rings. The molecule has 8 rings (SSSR count). The second-order valence-corrected chi connectivity index (χ2v) is 13.2. The zero-order valence-corrected chi connectivity index (χ0v) is 26.6. The van der Waals surface area contributed by atoms with Gasteiger partial charge in [-0.2, -0.15) is 5.10 Å². The number of nitrogens with zero attached hydrogens (tertiary/aromatic N) is 6. The lowest BCUT2D eigenvalue weighted by Gasteiger charge is -2.36. The van der Waals surface area contributed by atoms with Crippen LogP contribution in [0.5, 0.6) is 5.75 Å². The summed E-state index contributed by atoms with van der Waals surface area (Å²) < 4.78 is 21.4. The molecule has 0 radical (unpaired) electrons. The molecule has 11 nitrogen and oxygen atoms in total. The van der Waals surface area contributed by atoms with Crippen LogP contribution in [-0.4, -0.2) is 86.3 Å². The number of piperidine rings is 1. The van der Waals surface area contributed by atoms with E-state index >= 15 is 0 Å². The maximum Gasteiger partial charge on any atom is 0.410 e. The van der Waals surface area contributed by atoms with E-state index in [0.29, 0.717) is 66.1 Å². The van der Waals surface area contributed by atoms with Gasteiger partial charge in [0.25, 0.3) is 5.56 Å². The molecule has 0 saturated carbocycles. The van der Waals surface area contributed by atoms with Crippen molar-refractivity contribution in [2.45, 2.75) is 70.4 Å². The Labute approximate surface area is 271 Å². The van der Waals surface area contributed by atoms with Crippen molar-refractivity contribution in [3.05, 3.63) is 74.9 Å². The molecule has 4 aromatic rings. The van der Waals surface area contributed by atoms with Crippen LogP contribution in [0.3, 0.4) is 0 Å². The number of hydrogen-bond donors (Lipinski definition) is 0. The van der Waals surface area contributed by atoms with E-state index in [1.54, 1.807) is 9.47 Å². The van der Waals surface area contributed by atoms with Crippen molar-refractivity contribution >= 4 is 28.6 Å². The average Bonchev–Trinajstić information content (AvgIpc) is 3.67. The van der Waals surface area contributed by atoms with Crippen LogP contribution >= 0.6 is 11.6 Å². The number of fused-ring (bicyclic) bond motifs is 3. The fraction of sp³-hybridized carbons (Fsp3) is 0.471. The Hall–Kier alpha value is -3.93. The summed E-state index contributed by atoms with van der Waals surface area (Å²) in [5, 5.41) is 6.18. The van der Waals surface area contributed by atoms with Crippen molar-refractivity contribution in [2.24, 2.45) is 0 Å². The van der Waals surface area contributed by atoms with Crippen LogP contribution in [0.15, 0.2) is 47.3 Å². The zero-order valence-electron chi connectivity index (χ0n) is 25.9. The standard InChI is InChI=1S/C34H37ClN6O5/c1-21-36-30-16-28(31-15-25-19-38(10-11-41(25)37-31)24-7-12-44-13-8-24)32(46-27-6-9-39-26(14-27)20-45-34(39)43)17-29(30)33(42)40(21)18-22-2-4-23(35)5-3-22/h2-5,15-17,24,26-27H,6-14,18-20H2,1H3/t26-,27-/m0/s1. The SMILES string of the molecule is Cc1nc2cc(-c3cc4n(n3)CCN(C3CCOCC3)C4)c(O[C@H]3CCN4C(=O)OC[C@@H]4C3)cc2c(=O)n1Cc1ccc(Cl)cc1. The number of aromatic nitrogens is 4. The number of carbonyl (C=O) groups is 1. The third-order valence-corrected chi connectivity index (χ3v) is 10.2. The Morgan fingerprint density at radius 1 is 1.00 bits per heavy atom. The minimum absolute atomic E-state index is 0.00725. The van der Waals surface area contributed by atoms with E-state index in [1.807, 2.05) is 43.3 Å². The summed E-state index contributed by atoms with van der Waals surface area (Å²) in [5.74, 6) is 1.23. The lowest BCUT2D eigenvalue weighted by atomic mass is 10.0. The average molecular weight is 645 g/mol. The minimum atomic E-state index is -0.254. The first-order chi connectivity index (χ1) is 22.4. The fourth-order valence-corrected chi connectivity index (χ4v) is 7.47. The smallest absolute Gasteiger partial charge is 0.410 e. The molecule has 3 saturated heterocycles. The Morgan fingerprint density at radius 2 is 1.83 bits per heavy atom. The van der Waals surface area contributed by atoms with Gasteiger partial charge in [0.05, 0.1) is 41.4 Å². The van der Waals surface area contributed by atoms with Crippen molar-refractivity contribution in [3.8, 4) is 17.0 Å². The van der Waals surface area contributed by atoms with Gasteiger partial charge in [0, 0.05) is 62.3 Å². The van der Waals surface area contributed by atoms with Crippen molar-refractivity contribution in [2.75, 3.05) is 32.9 Å². The van der Waals surface area contributed by atoms with Gasteiger partial charge in [0.1, 0.15) is 24.3 Å². The summed E-state index contributed by atoms with van der Waals surface area (Å²) in [5.41, 5.74) is 4.22. The first-order valence-electron chi connectivity index (χ1n) is 16.2. The molecule has 0 bridgehead atoms. The highest BCUT2D eigenvalue weighted by atomic mass is 35.5. The largest absolute Gasteiger partial charge is 0.490 e. The van der Waals surface area contributed by atoms with Gasteiger partial charge in [-0.25, -0.2) is 9.78 Å². The highest BCUT2D eigenvalue weighted by Gasteiger charge is 2.39. The normalized spacial score (nSPS) is 22.1. The molecule has 2 atom stereocenters. The molecule has 4 aliphatic rings. The van der Waals surface area contributed by atoms with Crippen LogP contribution in [-0.2, 0) is 29.1 Å². The number of benzene rings is 2. The zero-order chi connectivity index (χ0) is 31.4. The summed E-state index contributed by atoms with van der Waals surface area (Å²) in [6, 6.07) is 14.0. The first-order valence-corrected chi connectivity index (χ1v) is 16.6. The van der Waals surface area contributed by atoms with Gasteiger partial charge in [-0.1, -0.05) is 23.7 Å². The Morgan fingerprint density at radius 3 is 2.65 bits per heavy atom. The molecule has 2 aromatic carbocycles. The van der Waals surface area contributed by atoms with Crippen LogP contribution in [0, 0.1) is 6.92 Å². The van der Waals surface area contributed by atoms with Gasteiger partial charge >= 0.3 is 6.09 Å². The number of halogens is 1. The third-order valence-electron chi connectivity index (χ3n) is 9.91. The fourth-order valence-electron chi connectivity index (χ4n) is 7.35. The van der Waals surface area contributed by atoms with Gasteiger partial charge in [-0.3, -0.25) is 18.9 Å². The van der Waals surface area contributed by atoms with E-state index in [0.717, 1.165) is 68.2 Å². The molecule has 4 aliphatic heterocycles. The highest BCUT2D eigenvalue weighted by molar-refractivity contribution is 6.30. The Bertz CT molecular complexity index is 1850. The number of amides is 1. The number of rotatable bonds is 6. The Balaban J connectivity index is 1.16. The van der Waals surface area contributed by atoms with E-state index < -0.39 is 0 Å². The molecule has 0 N–H and O–H groups in total. The molecule has 12 heteroatoms. The van der Waals surface area contributed by atoms with E-state index in [2.05, 4.69) is 15.6 Å². The van der Waals surface area contributed by atoms with E-state index in [1.165, 1.54) is 0 Å². The number of aryl methyl sites for hydroxylation is 1. The van der Waals surface area contributed by atoms with E-state index in [4.69, 9.17) is 35.9 Å². The van der Waals surface area contributed by atoms with Gasteiger partial charge in [-0.05, 0) is 55.7 Å². The summed E-state index contributed by atoms with van der Waals surface area (Å²) in [7, 11) is 0. The topological polar surface area (TPSA) is 104 Å². The molecule has 1 amide bonds. The first kappa shape index (κ1) is 29.5. The number of carbonyl (C=O) groups excluding carboxylic acids is 1. The third kappa shape index (κ3) is 5.54. The van der Waals surface area contributed by atoms with E-state index in [9.17, 15) is 9.59 Å². The molecule has 240 valence electrons. The molecule has 0 spiro atoms. The molecule has 46 heavy (non-hydrogen) atoms. The second-order valence-electron chi connectivity index (χ2n) is 12.8. The summed E-state index contributed by atoms with van der Waals surface area (Å²) >= 11 is 6.10. The van der Waals surface area contributed by atoms with Gasteiger partial charge in [0.15, 0.2) is 0 Å². The summed E-state index contributed by atoms with van der Waals surface area (Å²) in [6.07, 6.45) is 3.06. The Kier molecular flexibility index (Phi) is 7.70. The predicted octanol–water partition coefficient (Wildman–Crippen LogP) is 4.63. The van der Waals surface area contributed by atoms with Crippen LogP contribution in [0.1, 0.15) is 42.8 Å². The van der Waals surface area contributed by atoms with Crippen LogP contribution in [0.4, 0.5) is 4.79 Å². The highest BCUT2D eigenvalue weighted by Crippen LogP contribution is 2.37. The van der Waals surface area contributed by atoms with Crippen molar-refractivity contribution in [1.29, 1.82) is 0 Å². The molecule has 2 aromatic heterocycles. The van der Waals surface area contributed by atoms with Crippen molar-refractivity contribution in [1.82, 2.24) is 29.1 Å². The lowest BCUT2D eigenvalue weighted by Crippen LogP contribution is -2.44. The second kappa shape index (κ2) is 12.0. The number of cyclic esters (lactones) is 1. The van der Waals surface area contributed by atoms with Crippen LogP contribution in [0.2, 0.25) is 5.02 Å². The molecular weight excluding hydrogens is 608 g/mol. The lowest BCUT2D eigenvalue weighted by molar-refractivity contribution is 0.0233. The predicted molar refractivity (Wildman–Crippen MR) is 172 cm³/mol. The van der Waals surface area contributed by atoms with Gasteiger partial charge in [0.2, 0.25) is 0 Å². The van der Waals surface area contributed by atoms with Gasteiger partial charge in [-0.15, -0.1) is 0 Å². The monoisotopic (exact) mass is 644 g/mol. The van der Waals surface area contributed by atoms with Gasteiger partial charge < -0.3 is 19.1 Å². The number of ether oxygens (including phenoxy) is 3. The maximum atomic E-state index is 14.0.